The third-order valence-corrected chi connectivity index (χ3v) is 4.03. The number of carbonyl (C=O) groups excluding carboxylic acids is 1. The van der Waals surface area contributed by atoms with Crippen molar-refractivity contribution < 1.29 is 4.79 Å². The molecule has 0 bridgehead atoms. The van der Waals surface area contributed by atoms with E-state index in [1.54, 1.807) is 0 Å². The summed E-state index contributed by atoms with van der Waals surface area (Å²) >= 11 is 9.55. The quantitative estimate of drug-likeness (QED) is 0.829. The van der Waals surface area contributed by atoms with E-state index in [2.05, 4.69) is 21.2 Å². The molecule has 2 unspecified atom stereocenters. The lowest BCUT2D eigenvalue weighted by molar-refractivity contribution is 0.0938. The van der Waals surface area contributed by atoms with E-state index in [4.69, 9.17) is 11.6 Å². The van der Waals surface area contributed by atoms with Crippen LogP contribution in [0.3, 0.4) is 0 Å². The van der Waals surface area contributed by atoms with Crippen LogP contribution < -0.4 is 5.32 Å². The van der Waals surface area contributed by atoms with Gasteiger partial charge in [0.05, 0.1) is 5.38 Å². The fourth-order valence-electron chi connectivity index (χ4n) is 2.20. The second kappa shape index (κ2) is 5.40. The Balaban J connectivity index is 2.09. The van der Waals surface area contributed by atoms with Gasteiger partial charge in [-0.05, 0) is 49.9 Å². The number of hydrogen-bond donors (Lipinski definition) is 1. The zero-order chi connectivity index (χ0) is 12.4. The molecule has 1 saturated carbocycles. The van der Waals surface area contributed by atoms with Crippen molar-refractivity contribution in [1.29, 1.82) is 0 Å². The molecule has 2 nitrogen and oxygen atoms in total. The summed E-state index contributed by atoms with van der Waals surface area (Å²) in [7, 11) is 0. The maximum absolute atomic E-state index is 12.1. The lowest BCUT2D eigenvalue weighted by atomic mass is 10.1. The summed E-state index contributed by atoms with van der Waals surface area (Å²) in [5.74, 6) is -0.0352. The summed E-state index contributed by atoms with van der Waals surface area (Å²) in [6.45, 7) is 1.97. The van der Waals surface area contributed by atoms with Gasteiger partial charge in [0.15, 0.2) is 0 Å². The molecule has 1 fully saturated rings. The topological polar surface area (TPSA) is 29.1 Å². The largest absolute Gasteiger partial charge is 0.348 e. The second-order valence-electron chi connectivity index (χ2n) is 4.54. The number of alkyl halides is 1. The Morgan fingerprint density at radius 3 is 2.76 bits per heavy atom. The van der Waals surface area contributed by atoms with Crippen molar-refractivity contribution in [2.24, 2.45) is 0 Å². The predicted molar refractivity (Wildman–Crippen MR) is 73.6 cm³/mol. The molecule has 1 N–H and O–H groups in total. The maximum Gasteiger partial charge on any atom is 0.251 e. The lowest BCUT2D eigenvalue weighted by Gasteiger charge is -2.16. The fourth-order valence-corrected chi connectivity index (χ4v) is 3.15. The van der Waals surface area contributed by atoms with Crippen LogP contribution in [0.5, 0.6) is 0 Å². The van der Waals surface area contributed by atoms with E-state index in [0.29, 0.717) is 5.56 Å². The molecule has 1 aromatic carbocycles. The summed E-state index contributed by atoms with van der Waals surface area (Å²) in [6.07, 6.45) is 3.06. The van der Waals surface area contributed by atoms with E-state index >= 15 is 0 Å². The van der Waals surface area contributed by atoms with Crippen LogP contribution in [0.2, 0.25) is 0 Å². The molecule has 4 heteroatoms. The van der Waals surface area contributed by atoms with Crippen LogP contribution in [0.25, 0.3) is 0 Å². The van der Waals surface area contributed by atoms with E-state index in [1.807, 2.05) is 25.1 Å². The molecule has 1 aliphatic carbocycles. The molecule has 17 heavy (non-hydrogen) atoms. The van der Waals surface area contributed by atoms with Crippen molar-refractivity contribution in [3.63, 3.8) is 0 Å². The summed E-state index contributed by atoms with van der Waals surface area (Å²) in [5.41, 5.74) is 1.76. The average Bonchev–Trinajstić information content (AvgIpc) is 2.63. The molecule has 0 aromatic heterocycles. The second-order valence-corrected chi connectivity index (χ2v) is 6.02. The molecule has 1 aliphatic rings. The van der Waals surface area contributed by atoms with Gasteiger partial charge in [-0.2, -0.15) is 0 Å². The number of halogens is 2. The van der Waals surface area contributed by atoms with E-state index < -0.39 is 0 Å². The Labute approximate surface area is 115 Å². The minimum Gasteiger partial charge on any atom is -0.348 e. The normalized spacial score (nSPS) is 23.7. The van der Waals surface area contributed by atoms with Gasteiger partial charge >= 0.3 is 0 Å². The number of rotatable bonds is 2. The highest BCUT2D eigenvalue weighted by Crippen LogP contribution is 2.24. The zero-order valence-electron chi connectivity index (χ0n) is 9.67. The number of carbonyl (C=O) groups is 1. The van der Waals surface area contributed by atoms with Crippen LogP contribution in [0, 0.1) is 6.92 Å². The molecule has 0 heterocycles. The van der Waals surface area contributed by atoms with Gasteiger partial charge in [-0.25, -0.2) is 0 Å². The highest BCUT2D eigenvalue weighted by molar-refractivity contribution is 9.10. The van der Waals surface area contributed by atoms with Crippen LogP contribution in [-0.2, 0) is 0 Å². The SMILES string of the molecule is Cc1cc(Br)cc(C(=O)NC2CCCC2Cl)c1. The Bertz CT molecular complexity index is 415. The first-order valence-electron chi connectivity index (χ1n) is 5.78. The summed E-state index contributed by atoms with van der Waals surface area (Å²) in [5, 5.41) is 3.08. The van der Waals surface area contributed by atoms with Crippen LogP contribution in [0.4, 0.5) is 0 Å². The number of amides is 1. The van der Waals surface area contributed by atoms with Crippen LogP contribution in [-0.4, -0.2) is 17.3 Å². The van der Waals surface area contributed by atoms with Gasteiger partial charge in [0.1, 0.15) is 0 Å². The van der Waals surface area contributed by atoms with Crippen molar-refractivity contribution in [2.45, 2.75) is 37.6 Å². The van der Waals surface area contributed by atoms with Crippen LogP contribution in [0.1, 0.15) is 35.2 Å². The summed E-state index contributed by atoms with van der Waals surface area (Å²) in [4.78, 5) is 12.1. The Morgan fingerprint density at radius 1 is 1.41 bits per heavy atom. The van der Waals surface area contributed by atoms with Crippen LogP contribution >= 0.6 is 27.5 Å². The first-order valence-corrected chi connectivity index (χ1v) is 7.01. The minimum absolute atomic E-state index is 0.0352. The third-order valence-electron chi connectivity index (χ3n) is 3.05. The Hall–Kier alpha value is -0.540. The predicted octanol–water partition coefficient (Wildman–Crippen LogP) is 3.65. The standard InChI is InChI=1S/C13H15BrClNO/c1-8-5-9(7-10(14)6-8)13(17)16-12-4-2-3-11(12)15/h5-7,11-12H,2-4H2,1H3,(H,16,17). The molecule has 0 aliphatic heterocycles. The minimum atomic E-state index is -0.0352. The molecular weight excluding hydrogens is 302 g/mol. The van der Waals surface area contributed by atoms with Crippen molar-refractivity contribution in [1.82, 2.24) is 5.32 Å². The Kier molecular flexibility index (Phi) is 4.10. The maximum atomic E-state index is 12.1. The average molecular weight is 317 g/mol. The molecule has 92 valence electrons. The first-order chi connectivity index (χ1) is 8.06. The van der Waals surface area contributed by atoms with Crippen molar-refractivity contribution in [2.75, 3.05) is 0 Å². The first kappa shape index (κ1) is 12.9. The van der Waals surface area contributed by atoms with E-state index in [1.165, 1.54) is 0 Å². The van der Waals surface area contributed by atoms with Crippen molar-refractivity contribution in [3.05, 3.63) is 33.8 Å². The molecule has 2 rings (SSSR count). The summed E-state index contributed by atoms with van der Waals surface area (Å²) in [6, 6.07) is 5.82. The van der Waals surface area contributed by atoms with Gasteiger partial charge in [0, 0.05) is 16.1 Å². The van der Waals surface area contributed by atoms with Gasteiger partial charge in [-0.15, -0.1) is 11.6 Å². The highest BCUT2D eigenvalue weighted by Gasteiger charge is 2.26. The molecule has 0 saturated heterocycles. The number of hydrogen-bond acceptors (Lipinski definition) is 1. The van der Waals surface area contributed by atoms with Gasteiger partial charge in [0.2, 0.25) is 0 Å². The Morgan fingerprint density at radius 2 is 2.18 bits per heavy atom. The van der Waals surface area contributed by atoms with Gasteiger partial charge in [-0.3, -0.25) is 4.79 Å². The van der Waals surface area contributed by atoms with E-state index in [9.17, 15) is 4.79 Å². The highest BCUT2D eigenvalue weighted by atomic mass is 79.9. The van der Waals surface area contributed by atoms with Crippen molar-refractivity contribution in [3.8, 4) is 0 Å². The summed E-state index contributed by atoms with van der Waals surface area (Å²) < 4.78 is 0.927. The lowest BCUT2D eigenvalue weighted by Crippen LogP contribution is -2.37. The van der Waals surface area contributed by atoms with E-state index in [-0.39, 0.29) is 17.3 Å². The number of aryl methyl sites for hydroxylation is 1. The molecule has 0 radical (unpaired) electrons. The smallest absolute Gasteiger partial charge is 0.251 e. The molecule has 1 aromatic rings. The molecule has 2 atom stereocenters. The molecule has 1 amide bonds. The van der Waals surface area contributed by atoms with E-state index in [0.717, 1.165) is 29.3 Å². The zero-order valence-corrected chi connectivity index (χ0v) is 12.0. The fraction of sp³-hybridized carbons (Fsp3) is 0.462. The number of nitrogens with one attached hydrogen (secondary N) is 1. The monoisotopic (exact) mass is 315 g/mol. The van der Waals surface area contributed by atoms with Crippen LogP contribution in [0.15, 0.2) is 22.7 Å². The van der Waals surface area contributed by atoms with Gasteiger partial charge in [-0.1, -0.05) is 15.9 Å². The van der Waals surface area contributed by atoms with Gasteiger partial charge < -0.3 is 5.32 Å². The van der Waals surface area contributed by atoms with Gasteiger partial charge in [0.25, 0.3) is 5.91 Å². The molecular formula is C13H15BrClNO. The number of benzene rings is 1. The molecule has 0 spiro atoms. The van der Waals surface area contributed by atoms with Crippen molar-refractivity contribution >= 4 is 33.4 Å². The third kappa shape index (κ3) is 3.23.